The van der Waals surface area contributed by atoms with E-state index in [-0.39, 0.29) is 5.78 Å². The van der Waals surface area contributed by atoms with Crippen LogP contribution in [0.3, 0.4) is 0 Å². The van der Waals surface area contributed by atoms with Gasteiger partial charge in [-0.3, -0.25) is 9.00 Å². The molecule has 0 aliphatic carbocycles. The van der Waals surface area contributed by atoms with Crippen LogP contribution in [0, 0.1) is 6.92 Å². The SMILES string of the molecule is Cc1oncc1C(=O)c1ccccc1S(C)=O. The van der Waals surface area contributed by atoms with E-state index in [4.69, 9.17) is 4.52 Å². The van der Waals surface area contributed by atoms with Crippen molar-refractivity contribution in [3.05, 3.63) is 47.3 Å². The largest absolute Gasteiger partial charge is 0.361 e. The lowest BCUT2D eigenvalue weighted by Gasteiger charge is -2.04. The van der Waals surface area contributed by atoms with Gasteiger partial charge in [-0.15, -0.1) is 0 Å². The Kier molecular flexibility index (Phi) is 3.19. The van der Waals surface area contributed by atoms with E-state index in [0.717, 1.165) is 0 Å². The first-order valence-corrected chi connectivity index (χ1v) is 6.55. The molecule has 0 saturated carbocycles. The molecule has 1 unspecified atom stereocenters. The van der Waals surface area contributed by atoms with Crippen LogP contribution in [0.1, 0.15) is 21.7 Å². The molecule has 1 aromatic carbocycles. The van der Waals surface area contributed by atoms with Crippen molar-refractivity contribution in [2.75, 3.05) is 6.26 Å². The lowest BCUT2D eigenvalue weighted by atomic mass is 10.0. The molecule has 17 heavy (non-hydrogen) atoms. The van der Waals surface area contributed by atoms with Gasteiger partial charge in [0.05, 0.1) is 22.6 Å². The summed E-state index contributed by atoms with van der Waals surface area (Å²) < 4.78 is 16.4. The second-order valence-corrected chi connectivity index (χ2v) is 4.92. The maximum Gasteiger partial charge on any atom is 0.199 e. The number of aryl methyl sites for hydroxylation is 1. The zero-order valence-corrected chi connectivity index (χ0v) is 10.3. The Hall–Kier alpha value is -1.75. The summed E-state index contributed by atoms with van der Waals surface area (Å²) in [6, 6.07) is 6.85. The Morgan fingerprint density at radius 1 is 1.29 bits per heavy atom. The minimum Gasteiger partial charge on any atom is -0.361 e. The van der Waals surface area contributed by atoms with Crippen LogP contribution >= 0.6 is 0 Å². The first-order valence-electron chi connectivity index (χ1n) is 4.99. The molecule has 0 aliphatic rings. The van der Waals surface area contributed by atoms with Crippen molar-refractivity contribution in [3.63, 3.8) is 0 Å². The average Bonchev–Trinajstić information content (AvgIpc) is 2.74. The van der Waals surface area contributed by atoms with Gasteiger partial charge in [0.2, 0.25) is 0 Å². The number of hydrogen-bond acceptors (Lipinski definition) is 4. The van der Waals surface area contributed by atoms with Crippen LogP contribution in [-0.4, -0.2) is 21.4 Å². The Bertz CT molecular complexity index is 589. The number of benzene rings is 1. The van der Waals surface area contributed by atoms with Gasteiger partial charge in [-0.2, -0.15) is 0 Å². The van der Waals surface area contributed by atoms with Crippen LogP contribution in [0.4, 0.5) is 0 Å². The third-order valence-electron chi connectivity index (χ3n) is 2.44. The number of carbonyl (C=O) groups excluding carboxylic acids is 1. The van der Waals surface area contributed by atoms with E-state index in [1.54, 1.807) is 37.4 Å². The Labute approximate surface area is 101 Å². The van der Waals surface area contributed by atoms with E-state index in [2.05, 4.69) is 5.16 Å². The number of ketones is 1. The van der Waals surface area contributed by atoms with Crippen molar-refractivity contribution in [2.45, 2.75) is 11.8 Å². The molecule has 4 nitrogen and oxygen atoms in total. The number of hydrogen-bond donors (Lipinski definition) is 0. The van der Waals surface area contributed by atoms with E-state index in [9.17, 15) is 9.00 Å². The lowest BCUT2D eigenvalue weighted by molar-refractivity contribution is 0.103. The smallest absolute Gasteiger partial charge is 0.199 e. The standard InChI is InChI=1S/C12H11NO3S/c1-8-10(7-13-16-8)12(14)9-5-3-4-6-11(9)17(2)15/h3-7H,1-2H3. The Morgan fingerprint density at radius 3 is 2.59 bits per heavy atom. The maximum absolute atomic E-state index is 12.2. The van der Waals surface area contributed by atoms with Crippen molar-refractivity contribution in [1.29, 1.82) is 0 Å². The lowest BCUT2D eigenvalue weighted by Crippen LogP contribution is -2.06. The predicted octanol–water partition coefficient (Wildman–Crippen LogP) is 1.95. The highest BCUT2D eigenvalue weighted by molar-refractivity contribution is 7.84. The van der Waals surface area contributed by atoms with Crippen molar-refractivity contribution >= 4 is 16.6 Å². The van der Waals surface area contributed by atoms with Crippen molar-refractivity contribution < 1.29 is 13.5 Å². The van der Waals surface area contributed by atoms with Crippen LogP contribution in [0.2, 0.25) is 0 Å². The molecule has 5 heteroatoms. The summed E-state index contributed by atoms with van der Waals surface area (Å²) in [5, 5.41) is 3.57. The molecular weight excluding hydrogens is 238 g/mol. The molecule has 0 fully saturated rings. The molecule has 0 radical (unpaired) electrons. The van der Waals surface area contributed by atoms with Crippen LogP contribution in [0.25, 0.3) is 0 Å². The summed E-state index contributed by atoms with van der Waals surface area (Å²) in [6.07, 6.45) is 2.93. The van der Waals surface area contributed by atoms with Crippen LogP contribution in [0.5, 0.6) is 0 Å². The van der Waals surface area contributed by atoms with Gasteiger partial charge in [-0.05, 0) is 19.1 Å². The van der Waals surface area contributed by atoms with Gasteiger partial charge < -0.3 is 4.52 Å². The van der Waals surface area contributed by atoms with Gasteiger partial charge >= 0.3 is 0 Å². The molecule has 88 valence electrons. The van der Waals surface area contributed by atoms with Crippen LogP contribution < -0.4 is 0 Å². The maximum atomic E-state index is 12.2. The number of nitrogens with zero attached hydrogens (tertiary/aromatic N) is 1. The number of carbonyl (C=O) groups is 1. The van der Waals surface area contributed by atoms with Gasteiger partial charge in [0, 0.05) is 16.7 Å². The highest BCUT2D eigenvalue weighted by Gasteiger charge is 2.19. The summed E-state index contributed by atoms with van der Waals surface area (Å²) in [5.41, 5.74) is 0.836. The minimum absolute atomic E-state index is 0.213. The second kappa shape index (κ2) is 4.63. The predicted molar refractivity (Wildman–Crippen MR) is 63.4 cm³/mol. The molecule has 0 amide bonds. The quantitative estimate of drug-likeness (QED) is 0.780. The van der Waals surface area contributed by atoms with E-state index >= 15 is 0 Å². The normalized spacial score (nSPS) is 12.4. The van der Waals surface area contributed by atoms with Crippen molar-refractivity contribution in [2.24, 2.45) is 0 Å². The third-order valence-corrected chi connectivity index (χ3v) is 3.41. The topological polar surface area (TPSA) is 60.2 Å². The summed E-state index contributed by atoms with van der Waals surface area (Å²) in [5.74, 6) is 0.251. The average molecular weight is 249 g/mol. The molecule has 2 rings (SSSR count). The van der Waals surface area contributed by atoms with Crippen LogP contribution in [-0.2, 0) is 10.8 Å². The molecule has 1 aromatic heterocycles. The third kappa shape index (κ3) is 2.19. The molecule has 0 spiro atoms. The summed E-state index contributed by atoms with van der Waals surface area (Å²) in [7, 11) is -1.20. The molecule has 0 aliphatic heterocycles. The first-order chi connectivity index (χ1) is 8.11. The van der Waals surface area contributed by atoms with E-state index in [1.165, 1.54) is 6.20 Å². The molecule has 1 atom stereocenters. The Morgan fingerprint density at radius 2 is 2.00 bits per heavy atom. The Balaban J connectivity index is 2.52. The van der Waals surface area contributed by atoms with Gasteiger partial charge in [0.25, 0.3) is 0 Å². The van der Waals surface area contributed by atoms with Crippen molar-refractivity contribution in [3.8, 4) is 0 Å². The van der Waals surface area contributed by atoms with Gasteiger partial charge in [0.1, 0.15) is 5.76 Å². The van der Waals surface area contributed by atoms with Crippen molar-refractivity contribution in [1.82, 2.24) is 5.16 Å². The molecule has 0 saturated heterocycles. The zero-order valence-electron chi connectivity index (χ0n) is 9.47. The summed E-state index contributed by atoms with van der Waals surface area (Å²) in [6.45, 7) is 1.67. The van der Waals surface area contributed by atoms with Gasteiger partial charge in [-0.1, -0.05) is 17.3 Å². The zero-order chi connectivity index (χ0) is 12.4. The number of rotatable bonds is 3. The monoisotopic (exact) mass is 249 g/mol. The summed E-state index contributed by atoms with van der Waals surface area (Å²) >= 11 is 0. The van der Waals surface area contributed by atoms with E-state index < -0.39 is 10.8 Å². The molecule has 1 heterocycles. The molecule has 0 bridgehead atoms. The molecule has 2 aromatic rings. The summed E-state index contributed by atoms with van der Waals surface area (Å²) in [4.78, 5) is 12.7. The molecule has 0 N–H and O–H groups in total. The fraction of sp³-hybridized carbons (Fsp3) is 0.167. The van der Waals surface area contributed by atoms with Crippen LogP contribution in [0.15, 0.2) is 39.9 Å². The number of aromatic nitrogens is 1. The first kappa shape index (κ1) is 11.7. The fourth-order valence-electron chi connectivity index (χ4n) is 1.57. The second-order valence-electron chi connectivity index (χ2n) is 3.58. The van der Waals surface area contributed by atoms with Gasteiger partial charge in [-0.25, -0.2) is 0 Å². The van der Waals surface area contributed by atoms with Gasteiger partial charge in [0.15, 0.2) is 5.78 Å². The van der Waals surface area contributed by atoms with E-state index in [0.29, 0.717) is 21.8 Å². The fourth-order valence-corrected chi connectivity index (χ4v) is 2.31. The highest BCUT2D eigenvalue weighted by Crippen LogP contribution is 2.19. The van der Waals surface area contributed by atoms with E-state index in [1.807, 2.05) is 0 Å². The highest BCUT2D eigenvalue weighted by atomic mass is 32.2. The molecular formula is C12H11NO3S. The minimum atomic E-state index is -1.20.